The number of nitrogens with zero attached hydrogens (tertiary/aromatic N) is 1. The van der Waals surface area contributed by atoms with Gasteiger partial charge in [0.25, 0.3) is 0 Å². The van der Waals surface area contributed by atoms with Crippen LogP contribution >= 0.6 is 0 Å². The van der Waals surface area contributed by atoms with E-state index in [0.29, 0.717) is 11.6 Å². The minimum absolute atomic E-state index is 0.176. The minimum atomic E-state index is -0.939. The maximum Gasteiger partial charge on any atom is 0.335 e. The third-order valence-corrected chi connectivity index (χ3v) is 3.78. The van der Waals surface area contributed by atoms with Crippen molar-refractivity contribution in [2.75, 3.05) is 0 Å². The molecule has 4 heteroatoms. The van der Waals surface area contributed by atoms with E-state index in [1.54, 1.807) is 13.0 Å². The lowest BCUT2D eigenvalue weighted by Gasteiger charge is -2.28. The van der Waals surface area contributed by atoms with Gasteiger partial charge < -0.3 is 9.84 Å². The number of carboxylic acids is 1. The van der Waals surface area contributed by atoms with Crippen molar-refractivity contribution >= 4 is 5.97 Å². The van der Waals surface area contributed by atoms with Gasteiger partial charge >= 0.3 is 5.97 Å². The van der Waals surface area contributed by atoms with E-state index in [0.717, 1.165) is 18.8 Å². The van der Waals surface area contributed by atoms with Crippen LogP contribution in [0.3, 0.4) is 0 Å². The Balaban J connectivity index is 2.08. The van der Waals surface area contributed by atoms with E-state index >= 15 is 0 Å². The summed E-state index contributed by atoms with van der Waals surface area (Å²) in [6.07, 6.45) is 5.90. The summed E-state index contributed by atoms with van der Waals surface area (Å²) in [6.45, 7) is 4.00. The molecular formula is C15H21NO3. The first kappa shape index (κ1) is 13.8. The van der Waals surface area contributed by atoms with Crippen LogP contribution in [0, 0.1) is 12.8 Å². The van der Waals surface area contributed by atoms with E-state index in [1.807, 2.05) is 0 Å². The number of hydrogen-bond donors (Lipinski definition) is 1. The average molecular weight is 263 g/mol. The average Bonchev–Trinajstić information content (AvgIpc) is 2.38. The Labute approximate surface area is 113 Å². The van der Waals surface area contributed by atoms with E-state index in [-0.39, 0.29) is 11.7 Å². The molecule has 1 aliphatic rings. The van der Waals surface area contributed by atoms with Crippen LogP contribution < -0.4 is 4.74 Å². The summed E-state index contributed by atoms with van der Waals surface area (Å²) in [5.74, 6) is 0.229. The Bertz CT molecular complexity index is 459. The van der Waals surface area contributed by atoms with Gasteiger partial charge in [-0.2, -0.15) is 0 Å². The standard InChI is InChI=1S/C15H21NO3/c1-3-11-5-4-6-13(8-11)19-14-9-12(15(17)18)7-10(2)16-14/h7,9,11,13H,3-6,8H2,1-2H3,(H,17,18). The van der Waals surface area contributed by atoms with Crippen LogP contribution in [0.4, 0.5) is 0 Å². The van der Waals surface area contributed by atoms with Gasteiger partial charge in [-0.1, -0.05) is 19.8 Å². The summed E-state index contributed by atoms with van der Waals surface area (Å²) in [5, 5.41) is 9.04. The zero-order valence-electron chi connectivity index (χ0n) is 11.6. The molecule has 1 aliphatic carbocycles. The van der Waals surface area contributed by atoms with E-state index in [4.69, 9.17) is 9.84 Å². The van der Waals surface area contributed by atoms with E-state index in [2.05, 4.69) is 11.9 Å². The quantitative estimate of drug-likeness (QED) is 0.904. The first-order chi connectivity index (χ1) is 9.08. The van der Waals surface area contributed by atoms with Crippen LogP contribution in [-0.2, 0) is 0 Å². The van der Waals surface area contributed by atoms with Gasteiger partial charge in [-0.05, 0) is 38.2 Å². The molecule has 0 amide bonds. The molecule has 0 aromatic carbocycles. The first-order valence-electron chi connectivity index (χ1n) is 6.97. The number of aromatic carboxylic acids is 1. The third kappa shape index (κ3) is 3.69. The molecule has 2 unspecified atom stereocenters. The van der Waals surface area contributed by atoms with Gasteiger partial charge in [0, 0.05) is 11.8 Å². The van der Waals surface area contributed by atoms with Crippen molar-refractivity contribution in [1.29, 1.82) is 0 Å². The van der Waals surface area contributed by atoms with Gasteiger partial charge in [0.05, 0.1) is 5.56 Å². The fourth-order valence-electron chi connectivity index (χ4n) is 2.71. The fraction of sp³-hybridized carbons (Fsp3) is 0.600. The molecular weight excluding hydrogens is 242 g/mol. The molecule has 104 valence electrons. The van der Waals surface area contributed by atoms with Crippen LogP contribution in [0.15, 0.2) is 12.1 Å². The summed E-state index contributed by atoms with van der Waals surface area (Å²) in [4.78, 5) is 15.3. The molecule has 4 nitrogen and oxygen atoms in total. The zero-order valence-corrected chi connectivity index (χ0v) is 11.6. The van der Waals surface area contributed by atoms with E-state index < -0.39 is 5.97 Å². The Morgan fingerprint density at radius 3 is 2.95 bits per heavy atom. The second-order valence-corrected chi connectivity index (χ2v) is 5.32. The topological polar surface area (TPSA) is 59.4 Å². The van der Waals surface area contributed by atoms with Crippen molar-refractivity contribution in [3.8, 4) is 5.88 Å². The fourth-order valence-corrected chi connectivity index (χ4v) is 2.71. The molecule has 1 heterocycles. The summed E-state index contributed by atoms with van der Waals surface area (Å²) in [6, 6.07) is 3.08. The number of ether oxygens (including phenoxy) is 1. The van der Waals surface area contributed by atoms with Gasteiger partial charge in [0.2, 0.25) is 5.88 Å². The first-order valence-corrected chi connectivity index (χ1v) is 6.97. The van der Waals surface area contributed by atoms with Crippen molar-refractivity contribution in [2.45, 2.75) is 52.1 Å². The Kier molecular flexibility index (Phi) is 4.40. The lowest BCUT2D eigenvalue weighted by molar-refractivity contribution is 0.0694. The molecule has 0 spiro atoms. The second kappa shape index (κ2) is 6.04. The summed E-state index contributed by atoms with van der Waals surface area (Å²) in [5.41, 5.74) is 0.920. The maximum atomic E-state index is 11.0. The smallest absolute Gasteiger partial charge is 0.335 e. The summed E-state index contributed by atoms with van der Waals surface area (Å²) < 4.78 is 5.88. The van der Waals surface area contributed by atoms with Crippen LogP contribution in [0.1, 0.15) is 55.1 Å². The molecule has 2 atom stereocenters. The SMILES string of the molecule is CCC1CCCC(Oc2cc(C(=O)O)cc(C)n2)C1. The monoisotopic (exact) mass is 263 g/mol. The molecule has 1 saturated carbocycles. The number of rotatable bonds is 4. The second-order valence-electron chi connectivity index (χ2n) is 5.32. The largest absolute Gasteiger partial charge is 0.478 e. The highest BCUT2D eigenvalue weighted by Crippen LogP contribution is 2.29. The van der Waals surface area contributed by atoms with Crippen molar-refractivity contribution < 1.29 is 14.6 Å². The highest BCUT2D eigenvalue weighted by molar-refractivity contribution is 5.87. The van der Waals surface area contributed by atoms with Crippen molar-refractivity contribution in [1.82, 2.24) is 4.98 Å². The van der Waals surface area contributed by atoms with E-state index in [1.165, 1.54) is 25.3 Å². The third-order valence-electron chi connectivity index (χ3n) is 3.78. The molecule has 1 aromatic rings. The normalized spacial score (nSPS) is 23.1. The molecule has 1 fully saturated rings. The zero-order chi connectivity index (χ0) is 13.8. The Morgan fingerprint density at radius 1 is 1.47 bits per heavy atom. The molecule has 2 rings (SSSR count). The van der Waals surface area contributed by atoms with Gasteiger partial charge in [-0.3, -0.25) is 0 Å². The molecule has 0 saturated heterocycles. The summed E-state index contributed by atoms with van der Waals surface area (Å²) in [7, 11) is 0. The highest BCUT2D eigenvalue weighted by Gasteiger charge is 2.22. The van der Waals surface area contributed by atoms with Gasteiger partial charge in [-0.25, -0.2) is 9.78 Å². The van der Waals surface area contributed by atoms with Crippen LogP contribution in [0.25, 0.3) is 0 Å². The number of carbonyl (C=O) groups is 1. The summed E-state index contributed by atoms with van der Waals surface area (Å²) >= 11 is 0. The molecule has 1 N–H and O–H groups in total. The van der Waals surface area contributed by atoms with Crippen LogP contribution in [0.2, 0.25) is 0 Å². The van der Waals surface area contributed by atoms with Crippen LogP contribution in [-0.4, -0.2) is 22.2 Å². The predicted octanol–water partition coefficient (Wildman–Crippen LogP) is 3.44. The minimum Gasteiger partial charge on any atom is -0.478 e. The number of hydrogen-bond acceptors (Lipinski definition) is 3. The molecule has 1 aromatic heterocycles. The number of aryl methyl sites for hydroxylation is 1. The van der Waals surface area contributed by atoms with Gasteiger partial charge in [0.15, 0.2) is 0 Å². The van der Waals surface area contributed by atoms with Crippen molar-refractivity contribution in [2.24, 2.45) is 5.92 Å². The Morgan fingerprint density at radius 2 is 2.26 bits per heavy atom. The number of aromatic nitrogens is 1. The predicted molar refractivity (Wildman–Crippen MR) is 72.6 cm³/mol. The van der Waals surface area contributed by atoms with Crippen molar-refractivity contribution in [3.05, 3.63) is 23.4 Å². The molecule has 0 bridgehead atoms. The van der Waals surface area contributed by atoms with E-state index in [9.17, 15) is 4.79 Å². The molecule has 0 aliphatic heterocycles. The number of pyridine rings is 1. The lowest BCUT2D eigenvalue weighted by Crippen LogP contribution is -2.25. The molecule has 0 radical (unpaired) electrons. The van der Waals surface area contributed by atoms with Gasteiger partial charge in [0.1, 0.15) is 6.10 Å². The van der Waals surface area contributed by atoms with Crippen molar-refractivity contribution in [3.63, 3.8) is 0 Å². The van der Waals surface area contributed by atoms with Gasteiger partial charge in [-0.15, -0.1) is 0 Å². The maximum absolute atomic E-state index is 11.0. The lowest BCUT2D eigenvalue weighted by atomic mass is 9.85. The highest BCUT2D eigenvalue weighted by atomic mass is 16.5. The van der Waals surface area contributed by atoms with Crippen LogP contribution in [0.5, 0.6) is 5.88 Å². The Hall–Kier alpha value is -1.58. The molecule has 19 heavy (non-hydrogen) atoms. The number of carboxylic acid groups (broad SMARTS) is 1.